The smallest absolute Gasteiger partial charge is 0.258 e. The van der Waals surface area contributed by atoms with Crippen molar-refractivity contribution in [1.82, 2.24) is 10.6 Å². The van der Waals surface area contributed by atoms with E-state index in [4.69, 9.17) is 4.74 Å². The number of amides is 2. The van der Waals surface area contributed by atoms with Gasteiger partial charge in [0.15, 0.2) is 0 Å². The van der Waals surface area contributed by atoms with Gasteiger partial charge in [0.05, 0.1) is 18.1 Å². The van der Waals surface area contributed by atoms with E-state index in [-0.39, 0.29) is 23.2 Å². The Balaban J connectivity index is 0.000000173. The van der Waals surface area contributed by atoms with Crippen molar-refractivity contribution in [2.45, 2.75) is 30.9 Å². The Bertz CT molecular complexity index is 793. The lowest BCUT2D eigenvalue weighted by atomic mass is 9.94. The fourth-order valence-corrected chi connectivity index (χ4v) is 3.58. The molecule has 2 aromatic carbocycles. The van der Waals surface area contributed by atoms with Gasteiger partial charge in [0, 0.05) is 13.1 Å². The standard InChI is InChI=1S/C13H9NO2.C6H12BrNO/c15-11-7-9-6-5-8-3-1-2-4-10(8)12(9)13(16)14-11;1-2-5-3-8-4-6(7)9-5/h1-6H,7H2,(H,14,15,16);5-6,8H,2-4H2,1H3. The molecule has 25 heavy (non-hydrogen) atoms. The van der Waals surface area contributed by atoms with Crippen molar-refractivity contribution >= 4 is 38.5 Å². The van der Waals surface area contributed by atoms with Gasteiger partial charge in [-0.3, -0.25) is 14.9 Å². The normalized spacial score (nSPS) is 22.6. The minimum absolute atomic E-state index is 0.219. The Hall–Kier alpha value is -1.76. The van der Waals surface area contributed by atoms with Gasteiger partial charge in [-0.25, -0.2) is 0 Å². The third-order valence-corrected chi connectivity index (χ3v) is 4.86. The first-order chi connectivity index (χ1) is 12.1. The van der Waals surface area contributed by atoms with Crippen molar-refractivity contribution in [2.24, 2.45) is 0 Å². The van der Waals surface area contributed by atoms with Crippen LogP contribution in [-0.2, 0) is 16.0 Å². The zero-order chi connectivity index (χ0) is 17.8. The summed E-state index contributed by atoms with van der Waals surface area (Å²) in [5.74, 6) is -0.518. The van der Waals surface area contributed by atoms with Crippen LogP contribution in [0.2, 0.25) is 0 Å². The van der Waals surface area contributed by atoms with Gasteiger partial charge in [0.2, 0.25) is 5.91 Å². The summed E-state index contributed by atoms with van der Waals surface area (Å²) in [5.41, 5.74) is 1.45. The Morgan fingerprint density at radius 3 is 2.68 bits per heavy atom. The van der Waals surface area contributed by atoms with Gasteiger partial charge >= 0.3 is 0 Å². The molecule has 2 N–H and O–H groups in total. The molecule has 0 radical (unpaired) electrons. The van der Waals surface area contributed by atoms with Gasteiger partial charge < -0.3 is 10.1 Å². The van der Waals surface area contributed by atoms with Gasteiger partial charge in [-0.2, -0.15) is 0 Å². The molecule has 0 spiro atoms. The molecule has 0 bridgehead atoms. The van der Waals surface area contributed by atoms with Crippen LogP contribution >= 0.6 is 15.9 Å². The molecular weight excluding hydrogens is 384 g/mol. The Kier molecular flexibility index (Phi) is 5.83. The molecule has 1 fully saturated rings. The van der Waals surface area contributed by atoms with Crippen LogP contribution < -0.4 is 10.6 Å². The highest BCUT2D eigenvalue weighted by Crippen LogP contribution is 2.24. The van der Waals surface area contributed by atoms with Gasteiger partial charge in [-0.1, -0.05) is 59.3 Å². The molecule has 2 unspecified atom stereocenters. The van der Waals surface area contributed by atoms with Gasteiger partial charge in [0.25, 0.3) is 5.91 Å². The molecule has 2 aromatic rings. The molecule has 0 saturated carbocycles. The number of hydrogen-bond acceptors (Lipinski definition) is 4. The molecule has 5 nitrogen and oxygen atoms in total. The van der Waals surface area contributed by atoms with Crippen LogP contribution in [0.5, 0.6) is 0 Å². The van der Waals surface area contributed by atoms with Gasteiger partial charge in [0.1, 0.15) is 5.01 Å². The monoisotopic (exact) mass is 404 g/mol. The first-order valence-corrected chi connectivity index (χ1v) is 9.35. The van der Waals surface area contributed by atoms with Crippen LogP contribution in [0.3, 0.4) is 0 Å². The molecule has 132 valence electrons. The van der Waals surface area contributed by atoms with Gasteiger partial charge in [-0.05, 0) is 22.8 Å². The highest BCUT2D eigenvalue weighted by atomic mass is 79.9. The molecule has 2 atom stereocenters. The molecule has 2 amide bonds. The number of rotatable bonds is 1. The van der Waals surface area contributed by atoms with Gasteiger partial charge in [-0.15, -0.1) is 0 Å². The summed E-state index contributed by atoms with van der Waals surface area (Å²) < 4.78 is 5.49. The Labute approximate surface area is 155 Å². The first kappa shape index (κ1) is 18.0. The van der Waals surface area contributed by atoms with E-state index in [0.29, 0.717) is 11.7 Å². The number of carbonyl (C=O) groups is 2. The molecule has 2 aliphatic heterocycles. The minimum atomic E-state index is -0.289. The number of alkyl halides is 1. The number of imide groups is 1. The number of fused-ring (bicyclic) bond motifs is 3. The van der Waals surface area contributed by atoms with Crippen molar-refractivity contribution < 1.29 is 14.3 Å². The summed E-state index contributed by atoms with van der Waals surface area (Å²) in [7, 11) is 0. The quantitative estimate of drug-likeness (QED) is 0.566. The van der Waals surface area contributed by atoms with Crippen molar-refractivity contribution in [2.75, 3.05) is 13.1 Å². The summed E-state index contributed by atoms with van der Waals surface area (Å²) in [6.45, 7) is 4.06. The second-order valence-corrected chi connectivity index (χ2v) is 7.13. The minimum Gasteiger partial charge on any atom is -0.361 e. The maximum absolute atomic E-state index is 11.8. The number of morpholine rings is 1. The lowest BCUT2D eigenvalue weighted by Crippen LogP contribution is -2.41. The van der Waals surface area contributed by atoms with E-state index >= 15 is 0 Å². The number of halogens is 1. The molecule has 2 heterocycles. The van der Waals surface area contributed by atoms with E-state index in [1.807, 2.05) is 36.4 Å². The summed E-state index contributed by atoms with van der Waals surface area (Å²) >= 11 is 3.38. The van der Waals surface area contributed by atoms with E-state index in [0.717, 1.165) is 35.8 Å². The third kappa shape index (κ3) is 4.26. The van der Waals surface area contributed by atoms with E-state index in [2.05, 4.69) is 33.5 Å². The van der Waals surface area contributed by atoms with Crippen LogP contribution in [0.4, 0.5) is 0 Å². The Morgan fingerprint density at radius 2 is 1.96 bits per heavy atom. The van der Waals surface area contributed by atoms with E-state index in [9.17, 15) is 9.59 Å². The predicted octanol–water partition coefficient (Wildman–Crippen LogP) is 2.76. The van der Waals surface area contributed by atoms with E-state index in [1.165, 1.54) is 0 Å². The summed E-state index contributed by atoms with van der Waals surface area (Å²) in [4.78, 5) is 23.0. The zero-order valence-electron chi connectivity index (χ0n) is 14.0. The third-order valence-electron chi connectivity index (χ3n) is 4.32. The number of ether oxygens (including phenoxy) is 1. The zero-order valence-corrected chi connectivity index (χ0v) is 15.6. The number of hydrogen-bond donors (Lipinski definition) is 2. The van der Waals surface area contributed by atoms with Crippen LogP contribution in [0, 0.1) is 0 Å². The largest absolute Gasteiger partial charge is 0.361 e. The van der Waals surface area contributed by atoms with E-state index in [1.54, 1.807) is 0 Å². The average molecular weight is 405 g/mol. The fourth-order valence-electron chi connectivity index (χ4n) is 3.04. The molecule has 0 aromatic heterocycles. The Morgan fingerprint density at radius 1 is 1.16 bits per heavy atom. The van der Waals surface area contributed by atoms with Crippen LogP contribution in [0.15, 0.2) is 36.4 Å². The summed E-state index contributed by atoms with van der Waals surface area (Å²) in [6.07, 6.45) is 1.78. The van der Waals surface area contributed by atoms with Crippen LogP contribution in [0.1, 0.15) is 29.3 Å². The number of benzene rings is 2. The predicted molar refractivity (Wildman–Crippen MR) is 101 cm³/mol. The van der Waals surface area contributed by atoms with Crippen molar-refractivity contribution in [1.29, 1.82) is 0 Å². The van der Waals surface area contributed by atoms with Crippen LogP contribution in [0.25, 0.3) is 10.8 Å². The molecule has 1 saturated heterocycles. The highest BCUT2D eigenvalue weighted by Gasteiger charge is 2.23. The lowest BCUT2D eigenvalue weighted by molar-refractivity contribution is -0.119. The topological polar surface area (TPSA) is 67.4 Å². The maximum Gasteiger partial charge on any atom is 0.258 e. The van der Waals surface area contributed by atoms with Crippen molar-refractivity contribution in [3.8, 4) is 0 Å². The first-order valence-electron chi connectivity index (χ1n) is 8.43. The highest BCUT2D eigenvalue weighted by molar-refractivity contribution is 9.09. The van der Waals surface area contributed by atoms with Crippen molar-refractivity contribution in [3.63, 3.8) is 0 Å². The average Bonchev–Trinajstić information content (AvgIpc) is 2.61. The second-order valence-electron chi connectivity index (χ2n) is 6.11. The van der Waals surface area contributed by atoms with Crippen LogP contribution in [-0.4, -0.2) is 36.0 Å². The molecule has 2 aliphatic rings. The molecule has 6 heteroatoms. The van der Waals surface area contributed by atoms with E-state index < -0.39 is 0 Å². The maximum atomic E-state index is 11.8. The summed E-state index contributed by atoms with van der Waals surface area (Å²) in [5, 5.41) is 7.76. The summed E-state index contributed by atoms with van der Waals surface area (Å²) in [6, 6.07) is 11.5. The second kappa shape index (κ2) is 8.08. The molecular formula is C19H21BrN2O3. The molecule has 0 aliphatic carbocycles. The lowest BCUT2D eigenvalue weighted by Gasteiger charge is -2.26. The fraction of sp³-hybridized carbons (Fsp3) is 0.368. The number of nitrogens with one attached hydrogen (secondary N) is 2. The SMILES string of the molecule is CCC1CNCC(Br)O1.O=C1Cc2ccc3ccccc3c2C(=O)N1. The molecule has 4 rings (SSSR count). The number of carbonyl (C=O) groups excluding carboxylic acids is 2. The van der Waals surface area contributed by atoms with Crippen molar-refractivity contribution in [3.05, 3.63) is 47.5 Å².